The number of amides is 1. The molecule has 0 saturated heterocycles. The summed E-state index contributed by atoms with van der Waals surface area (Å²) in [5.74, 6) is 0.491. The molecule has 2 aliphatic rings. The fourth-order valence-corrected chi connectivity index (χ4v) is 5.05. The third-order valence-electron chi connectivity index (χ3n) is 6.56. The van der Waals surface area contributed by atoms with E-state index in [1.165, 1.54) is 11.3 Å². The van der Waals surface area contributed by atoms with Crippen molar-refractivity contribution >= 4 is 23.2 Å². The maximum Gasteiger partial charge on any atom is 0.251 e. The second-order valence-electron chi connectivity index (χ2n) is 8.74. The van der Waals surface area contributed by atoms with E-state index in [1.54, 1.807) is 0 Å². The first-order valence-electron chi connectivity index (χ1n) is 10.9. The van der Waals surface area contributed by atoms with Crippen LogP contribution in [0.5, 0.6) is 0 Å². The molecular formula is C25H28ClN3O. The highest BCUT2D eigenvalue weighted by atomic mass is 35.5. The molecule has 4 rings (SSSR count). The van der Waals surface area contributed by atoms with Crippen LogP contribution in [0.25, 0.3) is 0 Å². The van der Waals surface area contributed by atoms with E-state index in [4.69, 9.17) is 11.6 Å². The van der Waals surface area contributed by atoms with Gasteiger partial charge in [-0.3, -0.25) is 4.79 Å². The summed E-state index contributed by atoms with van der Waals surface area (Å²) in [4.78, 5) is 15.1. The van der Waals surface area contributed by atoms with Crippen LogP contribution < -0.4 is 10.2 Å². The minimum Gasteiger partial charge on any atom is -0.368 e. The highest BCUT2D eigenvalue weighted by molar-refractivity contribution is 6.33. The van der Waals surface area contributed by atoms with Crippen LogP contribution in [0.1, 0.15) is 72.5 Å². The van der Waals surface area contributed by atoms with E-state index < -0.39 is 0 Å². The first-order chi connectivity index (χ1) is 14.5. The highest BCUT2D eigenvalue weighted by Gasteiger charge is 2.32. The van der Waals surface area contributed by atoms with Gasteiger partial charge in [0.2, 0.25) is 0 Å². The van der Waals surface area contributed by atoms with Crippen molar-refractivity contribution in [3.63, 3.8) is 0 Å². The van der Waals surface area contributed by atoms with E-state index >= 15 is 0 Å². The predicted molar refractivity (Wildman–Crippen MR) is 121 cm³/mol. The topological polar surface area (TPSA) is 56.1 Å². The molecule has 0 unspecified atom stereocenters. The van der Waals surface area contributed by atoms with E-state index in [9.17, 15) is 10.1 Å². The maximum atomic E-state index is 12.6. The molecule has 1 fully saturated rings. The molecule has 156 valence electrons. The first kappa shape index (κ1) is 20.8. The maximum absolute atomic E-state index is 12.6. The Labute approximate surface area is 183 Å². The standard InChI is InChI=1S/C25H28ClN3O/c1-16(2)17-3-5-18(6-4-17)25(30)28-20-8-10-21(11-9-20)29-14-13-22-23(29)12-7-19(15-27)24(22)26/h3-7,12,16,20-21H,8-11,13-14H2,1-2H3,(H,28,30). The molecule has 1 aliphatic heterocycles. The molecule has 1 N–H and O–H groups in total. The number of nitrogens with one attached hydrogen (secondary N) is 1. The molecule has 0 aromatic heterocycles. The van der Waals surface area contributed by atoms with Crippen molar-refractivity contribution in [1.82, 2.24) is 5.32 Å². The van der Waals surface area contributed by atoms with Crippen LogP contribution in [-0.2, 0) is 6.42 Å². The van der Waals surface area contributed by atoms with E-state index in [0.717, 1.165) is 49.8 Å². The van der Waals surface area contributed by atoms with Crippen LogP contribution in [0.2, 0.25) is 5.02 Å². The number of nitriles is 1. The lowest BCUT2D eigenvalue weighted by Crippen LogP contribution is -2.43. The monoisotopic (exact) mass is 421 g/mol. The number of halogens is 1. The fourth-order valence-electron chi connectivity index (χ4n) is 4.76. The summed E-state index contributed by atoms with van der Waals surface area (Å²) in [6.07, 6.45) is 4.96. The lowest BCUT2D eigenvalue weighted by atomic mass is 9.89. The highest BCUT2D eigenvalue weighted by Crippen LogP contribution is 2.39. The molecule has 1 aliphatic carbocycles. The number of fused-ring (bicyclic) bond motifs is 1. The first-order valence-corrected chi connectivity index (χ1v) is 11.2. The van der Waals surface area contributed by atoms with Gasteiger partial charge in [-0.05, 0) is 73.4 Å². The summed E-state index contributed by atoms with van der Waals surface area (Å²) >= 11 is 6.43. The van der Waals surface area contributed by atoms with E-state index in [-0.39, 0.29) is 11.9 Å². The molecule has 2 aromatic carbocycles. The van der Waals surface area contributed by atoms with Crippen LogP contribution in [0.4, 0.5) is 5.69 Å². The van der Waals surface area contributed by atoms with Gasteiger partial charge in [0.15, 0.2) is 0 Å². The fraction of sp³-hybridized carbons (Fsp3) is 0.440. The SMILES string of the molecule is CC(C)c1ccc(C(=O)NC2CCC(N3CCc4c3ccc(C#N)c4Cl)CC2)cc1. The van der Waals surface area contributed by atoms with Gasteiger partial charge >= 0.3 is 0 Å². The third-order valence-corrected chi connectivity index (χ3v) is 7.00. The number of hydrogen-bond donors (Lipinski definition) is 1. The third kappa shape index (κ3) is 4.04. The van der Waals surface area contributed by atoms with Gasteiger partial charge in [0.1, 0.15) is 6.07 Å². The molecule has 0 radical (unpaired) electrons. The molecule has 1 heterocycles. The Balaban J connectivity index is 1.35. The molecule has 0 atom stereocenters. The van der Waals surface area contributed by atoms with Crippen molar-refractivity contribution in [2.24, 2.45) is 0 Å². The largest absolute Gasteiger partial charge is 0.368 e. The number of carbonyl (C=O) groups excluding carboxylic acids is 1. The van der Waals surface area contributed by atoms with Crippen molar-refractivity contribution < 1.29 is 4.79 Å². The van der Waals surface area contributed by atoms with Gasteiger partial charge in [-0.1, -0.05) is 37.6 Å². The minimum atomic E-state index is 0.0242. The van der Waals surface area contributed by atoms with Gasteiger partial charge in [0, 0.05) is 29.9 Å². The van der Waals surface area contributed by atoms with Gasteiger partial charge in [0.25, 0.3) is 5.91 Å². The van der Waals surface area contributed by atoms with Crippen molar-refractivity contribution in [1.29, 1.82) is 5.26 Å². The molecule has 1 saturated carbocycles. The van der Waals surface area contributed by atoms with E-state index in [1.807, 2.05) is 36.4 Å². The van der Waals surface area contributed by atoms with Gasteiger partial charge in [-0.25, -0.2) is 0 Å². The summed E-state index contributed by atoms with van der Waals surface area (Å²) in [6, 6.07) is 14.7. The summed E-state index contributed by atoms with van der Waals surface area (Å²) in [6.45, 7) is 5.26. The zero-order chi connectivity index (χ0) is 21.3. The zero-order valence-corrected chi connectivity index (χ0v) is 18.4. The van der Waals surface area contributed by atoms with Gasteiger partial charge in [-0.2, -0.15) is 5.26 Å². The Hall–Kier alpha value is -2.51. The van der Waals surface area contributed by atoms with Crippen LogP contribution in [0.3, 0.4) is 0 Å². The second kappa shape index (κ2) is 8.70. The van der Waals surface area contributed by atoms with Gasteiger partial charge in [-0.15, -0.1) is 0 Å². The summed E-state index contributed by atoms with van der Waals surface area (Å²) in [5.41, 5.74) is 4.83. The number of anilines is 1. The predicted octanol–water partition coefficient (Wildman–Crippen LogP) is 5.44. The number of nitrogens with zero attached hydrogens (tertiary/aromatic N) is 2. The van der Waals surface area contributed by atoms with Crippen LogP contribution in [-0.4, -0.2) is 24.5 Å². The minimum absolute atomic E-state index is 0.0242. The normalized spacial score (nSPS) is 20.7. The lowest BCUT2D eigenvalue weighted by molar-refractivity contribution is 0.0925. The Morgan fingerprint density at radius 3 is 2.47 bits per heavy atom. The Morgan fingerprint density at radius 1 is 1.13 bits per heavy atom. The average molecular weight is 422 g/mol. The number of carbonyl (C=O) groups is 1. The second-order valence-corrected chi connectivity index (χ2v) is 9.11. The molecule has 0 spiro atoms. The van der Waals surface area contributed by atoms with E-state index in [0.29, 0.717) is 22.5 Å². The van der Waals surface area contributed by atoms with Gasteiger partial charge < -0.3 is 10.2 Å². The molecule has 1 amide bonds. The van der Waals surface area contributed by atoms with Crippen molar-refractivity contribution in [3.05, 3.63) is 63.7 Å². The summed E-state index contributed by atoms with van der Waals surface area (Å²) in [7, 11) is 0. The van der Waals surface area contributed by atoms with Crippen molar-refractivity contribution in [2.75, 3.05) is 11.4 Å². The molecular weight excluding hydrogens is 394 g/mol. The molecule has 5 heteroatoms. The summed E-state index contributed by atoms with van der Waals surface area (Å²) in [5, 5.41) is 13.0. The number of benzene rings is 2. The number of rotatable bonds is 4. The van der Waals surface area contributed by atoms with Crippen LogP contribution in [0, 0.1) is 11.3 Å². The van der Waals surface area contributed by atoms with Crippen LogP contribution >= 0.6 is 11.6 Å². The number of hydrogen-bond acceptors (Lipinski definition) is 3. The zero-order valence-electron chi connectivity index (χ0n) is 17.6. The Kier molecular flexibility index (Phi) is 6.01. The van der Waals surface area contributed by atoms with Crippen LogP contribution in [0.15, 0.2) is 36.4 Å². The summed E-state index contributed by atoms with van der Waals surface area (Å²) < 4.78 is 0. The van der Waals surface area contributed by atoms with Gasteiger partial charge in [0.05, 0.1) is 10.6 Å². The molecule has 0 bridgehead atoms. The average Bonchev–Trinajstić information content (AvgIpc) is 3.19. The smallest absolute Gasteiger partial charge is 0.251 e. The quantitative estimate of drug-likeness (QED) is 0.715. The Morgan fingerprint density at radius 2 is 1.83 bits per heavy atom. The molecule has 2 aromatic rings. The Bertz CT molecular complexity index is 969. The van der Waals surface area contributed by atoms with Crippen molar-refractivity contribution in [3.8, 4) is 6.07 Å². The molecule has 30 heavy (non-hydrogen) atoms. The lowest BCUT2D eigenvalue weighted by Gasteiger charge is -2.36. The molecule has 4 nitrogen and oxygen atoms in total. The van der Waals surface area contributed by atoms with Crippen molar-refractivity contribution in [2.45, 2.75) is 64.0 Å². The van der Waals surface area contributed by atoms with E-state index in [2.05, 4.69) is 30.1 Å².